The summed E-state index contributed by atoms with van der Waals surface area (Å²) in [6.07, 6.45) is 4.87. The highest BCUT2D eigenvalue weighted by Gasteiger charge is 2.15. The van der Waals surface area contributed by atoms with Gasteiger partial charge in [0, 0.05) is 6.61 Å². The van der Waals surface area contributed by atoms with E-state index in [9.17, 15) is 0 Å². The first-order valence-electron chi connectivity index (χ1n) is 5.36. The van der Waals surface area contributed by atoms with Gasteiger partial charge in [0.05, 0.1) is 12.3 Å². The molecule has 16 heavy (non-hydrogen) atoms. The monoisotopic (exact) mass is 219 g/mol. The van der Waals surface area contributed by atoms with Crippen molar-refractivity contribution in [3.8, 4) is 11.9 Å². The molecule has 2 heterocycles. The molecular weight excluding hydrogens is 206 g/mol. The third-order valence-corrected chi connectivity index (χ3v) is 2.49. The molecule has 1 aliphatic heterocycles. The fraction of sp³-hybridized carbons (Fsp3) is 0.545. The summed E-state index contributed by atoms with van der Waals surface area (Å²) in [5.74, 6) is 0.291. The van der Waals surface area contributed by atoms with Gasteiger partial charge in [0.15, 0.2) is 0 Å². The van der Waals surface area contributed by atoms with Gasteiger partial charge < -0.3 is 9.47 Å². The van der Waals surface area contributed by atoms with Crippen molar-refractivity contribution in [3.63, 3.8) is 0 Å². The zero-order valence-corrected chi connectivity index (χ0v) is 8.93. The lowest BCUT2D eigenvalue weighted by Gasteiger charge is -2.22. The average molecular weight is 219 g/mol. The highest BCUT2D eigenvalue weighted by molar-refractivity contribution is 5.35. The summed E-state index contributed by atoms with van der Waals surface area (Å²) in [4.78, 5) is 0. The molecule has 0 N–H and O–H groups in total. The van der Waals surface area contributed by atoms with Crippen LogP contribution in [-0.4, -0.2) is 29.5 Å². The van der Waals surface area contributed by atoms with Crippen LogP contribution >= 0.6 is 0 Å². The Morgan fingerprint density at radius 2 is 2.50 bits per heavy atom. The van der Waals surface area contributed by atoms with Crippen LogP contribution in [0.25, 0.3) is 0 Å². The minimum atomic E-state index is 0.113. The van der Waals surface area contributed by atoms with E-state index in [1.807, 2.05) is 6.07 Å². The summed E-state index contributed by atoms with van der Waals surface area (Å²) in [5.41, 5.74) is 0.408. The fourth-order valence-electron chi connectivity index (χ4n) is 1.62. The maximum atomic E-state index is 8.83. The Labute approximate surface area is 94.0 Å². The van der Waals surface area contributed by atoms with Gasteiger partial charge in [0.1, 0.15) is 18.2 Å². The van der Waals surface area contributed by atoms with Crippen molar-refractivity contribution in [3.05, 3.63) is 17.8 Å². The zero-order valence-electron chi connectivity index (χ0n) is 8.93. The third-order valence-electron chi connectivity index (χ3n) is 2.49. The molecule has 1 aromatic heterocycles. The number of nitrogens with zero attached hydrogens (tertiary/aromatic N) is 3. The lowest BCUT2D eigenvalue weighted by atomic mass is 10.1. The van der Waals surface area contributed by atoms with Crippen molar-refractivity contribution < 1.29 is 9.47 Å². The van der Waals surface area contributed by atoms with Crippen LogP contribution in [0.5, 0.6) is 5.88 Å². The summed E-state index contributed by atoms with van der Waals surface area (Å²) < 4.78 is 11.0. The van der Waals surface area contributed by atoms with Crippen molar-refractivity contribution in [2.24, 2.45) is 0 Å². The number of rotatable bonds is 3. The molecule has 0 aromatic carbocycles. The Morgan fingerprint density at radius 3 is 3.25 bits per heavy atom. The predicted octanol–water partition coefficient (Wildman–Crippen LogP) is 1.30. The van der Waals surface area contributed by atoms with E-state index >= 15 is 0 Å². The summed E-state index contributed by atoms with van der Waals surface area (Å²) in [7, 11) is 0. The largest absolute Gasteiger partial charge is 0.473 e. The van der Waals surface area contributed by atoms with E-state index in [2.05, 4.69) is 10.2 Å². The Balaban J connectivity index is 1.91. The summed E-state index contributed by atoms with van der Waals surface area (Å²) in [5, 5.41) is 16.3. The minimum absolute atomic E-state index is 0.113. The molecule has 1 aliphatic rings. The van der Waals surface area contributed by atoms with Gasteiger partial charge in [-0.1, -0.05) is 0 Å². The topological polar surface area (TPSA) is 68.0 Å². The molecule has 1 unspecified atom stereocenters. The van der Waals surface area contributed by atoms with Gasteiger partial charge in [0.25, 0.3) is 5.88 Å². The summed E-state index contributed by atoms with van der Waals surface area (Å²) in [6, 6.07) is 3.60. The van der Waals surface area contributed by atoms with E-state index in [-0.39, 0.29) is 6.10 Å². The second-order valence-corrected chi connectivity index (χ2v) is 3.66. The molecule has 0 amide bonds. The van der Waals surface area contributed by atoms with Gasteiger partial charge >= 0.3 is 0 Å². The Kier molecular flexibility index (Phi) is 3.67. The van der Waals surface area contributed by atoms with Crippen molar-refractivity contribution in [1.82, 2.24) is 10.2 Å². The SMILES string of the molecule is N#Cc1ccnnc1OCC1CCCCO1. The Morgan fingerprint density at radius 1 is 1.56 bits per heavy atom. The average Bonchev–Trinajstić information content (AvgIpc) is 2.38. The van der Waals surface area contributed by atoms with E-state index < -0.39 is 0 Å². The smallest absolute Gasteiger partial charge is 0.251 e. The van der Waals surface area contributed by atoms with Crippen LogP contribution in [-0.2, 0) is 4.74 Å². The maximum Gasteiger partial charge on any atom is 0.251 e. The van der Waals surface area contributed by atoms with Crippen LogP contribution in [0.2, 0.25) is 0 Å². The number of nitriles is 1. The first kappa shape index (κ1) is 10.8. The molecule has 0 spiro atoms. The summed E-state index contributed by atoms with van der Waals surface area (Å²) in [6.45, 7) is 1.23. The maximum absolute atomic E-state index is 8.83. The molecular formula is C11H13N3O2. The van der Waals surface area contributed by atoms with Gasteiger partial charge in [-0.25, -0.2) is 0 Å². The first-order valence-corrected chi connectivity index (χ1v) is 5.36. The molecule has 1 aromatic rings. The molecule has 0 aliphatic carbocycles. The molecule has 5 nitrogen and oxygen atoms in total. The second kappa shape index (κ2) is 5.42. The van der Waals surface area contributed by atoms with E-state index in [1.165, 1.54) is 12.6 Å². The Bertz CT molecular complexity index is 383. The van der Waals surface area contributed by atoms with Crippen LogP contribution in [0, 0.1) is 11.3 Å². The third kappa shape index (κ3) is 2.67. The quantitative estimate of drug-likeness (QED) is 0.766. The molecule has 84 valence electrons. The lowest BCUT2D eigenvalue weighted by Crippen LogP contribution is -2.26. The van der Waals surface area contributed by atoms with Crippen LogP contribution < -0.4 is 4.74 Å². The molecule has 1 atom stereocenters. The first-order chi connectivity index (χ1) is 7.90. The molecule has 2 rings (SSSR count). The highest BCUT2D eigenvalue weighted by atomic mass is 16.5. The van der Waals surface area contributed by atoms with Gasteiger partial charge in [-0.3, -0.25) is 0 Å². The molecule has 0 radical (unpaired) electrons. The Hall–Kier alpha value is -1.67. The van der Waals surface area contributed by atoms with Gasteiger partial charge in [-0.15, -0.1) is 5.10 Å². The normalized spacial score (nSPS) is 20.1. The van der Waals surface area contributed by atoms with E-state index in [0.29, 0.717) is 18.1 Å². The molecule has 1 fully saturated rings. The van der Waals surface area contributed by atoms with Crippen LogP contribution in [0.1, 0.15) is 24.8 Å². The number of hydrogen-bond donors (Lipinski definition) is 0. The number of hydrogen-bond acceptors (Lipinski definition) is 5. The molecule has 0 bridgehead atoms. The standard InChI is InChI=1S/C11H13N3O2/c12-7-9-4-5-13-14-11(9)16-8-10-3-1-2-6-15-10/h4-5,10H,1-3,6,8H2. The van der Waals surface area contributed by atoms with Crippen molar-refractivity contribution in [2.75, 3.05) is 13.2 Å². The van der Waals surface area contributed by atoms with Gasteiger partial charge in [-0.2, -0.15) is 10.4 Å². The lowest BCUT2D eigenvalue weighted by molar-refractivity contribution is -0.0121. The van der Waals surface area contributed by atoms with Crippen molar-refractivity contribution in [1.29, 1.82) is 5.26 Å². The molecule has 1 saturated heterocycles. The predicted molar refractivity (Wildman–Crippen MR) is 55.8 cm³/mol. The van der Waals surface area contributed by atoms with Crippen molar-refractivity contribution >= 4 is 0 Å². The van der Waals surface area contributed by atoms with Gasteiger partial charge in [0.2, 0.25) is 0 Å². The van der Waals surface area contributed by atoms with E-state index in [0.717, 1.165) is 19.4 Å². The van der Waals surface area contributed by atoms with E-state index in [1.54, 1.807) is 6.07 Å². The van der Waals surface area contributed by atoms with E-state index in [4.69, 9.17) is 14.7 Å². The number of ether oxygens (including phenoxy) is 2. The van der Waals surface area contributed by atoms with Crippen LogP contribution in [0.3, 0.4) is 0 Å². The molecule has 0 saturated carbocycles. The summed E-state index contributed by atoms with van der Waals surface area (Å²) >= 11 is 0. The number of aromatic nitrogens is 2. The van der Waals surface area contributed by atoms with Crippen molar-refractivity contribution in [2.45, 2.75) is 25.4 Å². The highest BCUT2D eigenvalue weighted by Crippen LogP contribution is 2.16. The fourth-order valence-corrected chi connectivity index (χ4v) is 1.62. The zero-order chi connectivity index (χ0) is 11.2. The van der Waals surface area contributed by atoms with Gasteiger partial charge in [-0.05, 0) is 25.3 Å². The van der Waals surface area contributed by atoms with Crippen LogP contribution in [0.15, 0.2) is 12.3 Å². The second-order valence-electron chi connectivity index (χ2n) is 3.66. The minimum Gasteiger partial charge on any atom is -0.473 e. The molecule has 5 heteroatoms. The van der Waals surface area contributed by atoms with Crippen LogP contribution in [0.4, 0.5) is 0 Å².